The van der Waals surface area contributed by atoms with Gasteiger partial charge in [0.05, 0.1) is 7.11 Å². The van der Waals surface area contributed by atoms with E-state index in [0.29, 0.717) is 0 Å². The quantitative estimate of drug-likeness (QED) is 0.576. The zero-order chi connectivity index (χ0) is 16.9. The summed E-state index contributed by atoms with van der Waals surface area (Å²) in [6.45, 7) is 4.89. The molecule has 0 saturated heterocycles. The Balaban J connectivity index is 1.51. The largest absolute Gasteiger partial charge is 0.497 e. The molecule has 0 N–H and O–H groups in total. The van der Waals surface area contributed by atoms with Crippen molar-refractivity contribution in [2.24, 2.45) is 23.7 Å². The molecule has 134 valence electrons. The zero-order valence-electron chi connectivity index (χ0n) is 16.0. The molecule has 1 nitrogen and oxygen atoms in total. The van der Waals surface area contributed by atoms with Crippen molar-refractivity contribution < 1.29 is 4.74 Å². The molecule has 1 aromatic carbocycles. The average Bonchev–Trinajstić information content (AvgIpc) is 2.62. The fourth-order valence-corrected chi connectivity index (χ4v) is 5.66. The lowest BCUT2D eigenvalue weighted by atomic mass is 9.64. The third-order valence-corrected chi connectivity index (χ3v) is 7.01. The molecule has 0 bridgehead atoms. The molecule has 0 heterocycles. The molecule has 2 saturated carbocycles. The van der Waals surface area contributed by atoms with Crippen LogP contribution in [0.4, 0.5) is 0 Å². The van der Waals surface area contributed by atoms with Crippen LogP contribution in [0.5, 0.6) is 5.75 Å². The first kappa shape index (κ1) is 17.8. The van der Waals surface area contributed by atoms with E-state index in [-0.39, 0.29) is 0 Å². The fraction of sp³-hybridized carbons (Fsp3) is 0.739. The van der Waals surface area contributed by atoms with Crippen LogP contribution in [0.3, 0.4) is 0 Å². The molecule has 1 aromatic rings. The number of methoxy groups -OCH3 is 1. The Morgan fingerprint density at radius 2 is 1.67 bits per heavy atom. The summed E-state index contributed by atoms with van der Waals surface area (Å²) in [7, 11) is 1.75. The highest BCUT2D eigenvalue weighted by atomic mass is 16.5. The number of hydrogen-bond acceptors (Lipinski definition) is 1. The average molecular weight is 329 g/mol. The van der Waals surface area contributed by atoms with Crippen LogP contribution in [0.25, 0.3) is 0 Å². The van der Waals surface area contributed by atoms with Gasteiger partial charge in [-0.15, -0.1) is 0 Å². The van der Waals surface area contributed by atoms with Crippen molar-refractivity contribution in [3.63, 3.8) is 0 Å². The van der Waals surface area contributed by atoms with Crippen LogP contribution in [0.2, 0.25) is 0 Å². The van der Waals surface area contributed by atoms with Crippen molar-refractivity contribution in [3.8, 4) is 5.75 Å². The molecule has 0 amide bonds. The number of rotatable bonds is 5. The SMILES string of the molecule is CCCC1CCC(C2CCC(c3ccc(OC)cc3)CC2)C(C)C1. The Morgan fingerprint density at radius 3 is 2.25 bits per heavy atom. The van der Waals surface area contributed by atoms with Crippen molar-refractivity contribution in [2.75, 3.05) is 7.11 Å². The third-order valence-electron chi connectivity index (χ3n) is 7.01. The summed E-state index contributed by atoms with van der Waals surface area (Å²) in [4.78, 5) is 0. The maximum Gasteiger partial charge on any atom is 0.118 e. The lowest BCUT2D eigenvalue weighted by molar-refractivity contribution is 0.102. The van der Waals surface area contributed by atoms with E-state index in [9.17, 15) is 0 Å². The fourth-order valence-electron chi connectivity index (χ4n) is 5.66. The van der Waals surface area contributed by atoms with Gasteiger partial charge in [0.1, 0.15) is 5.75 Å². The van der Waals surface area contributed by atoms with E-state index in [4.69, 9.17) is 4.74 Å². The van der Waals surface area contributed by atoms with Gasteiger partial charge in [0.15, 0.2) is 0 Å². The normalized spacial score (nSPS) is 34.0. The molecule has 3 atom stereocenters. The van der Waals surface area contributed by atoms with E-state index in [2.05, 4.69) is 38.1 Å². The Bertz CT molecular complexity index is 483. The molecule has 0 radical (unpaired) electrons. The highest BCUT2D eigenvalue weighted by molar-refractivity contribution is 5.29. The minimum Gasteiger partial charge on any atom is -0.497 e. The molecule has 2 aliphatic carbocycles. The van der Waals surface area contributed by atoms with Crippen LogP contribution in [0, 0.1) is 23.7 Å². The number of hydrogen-bond donors (Lipinski definition) is 0. The molecular formula is C23H36O. The van der Waals surface area contributed by atoms with E-state index in [1.807, 2.05) is 0 Å². The van der Waals surface area contributed by atoms with Gasteiger partial charge in [0, 0.05) is 0 Å². The maximum absolute atomic E-state index is 5.29. The summed E-state index contributed by atoms with van der Waals surface area (Å²) in [5.41, 5.74) is 1.52. The summed E-state index contributed by atoms with van der Waals surface area (Å²) < 4.78 is 5.29. The molecule has 1 heteroatoms. The van der Waals surface area contributed by atoms with E-state index >= 15 is 0 Å². The molecule has 0 aliphatic heterocycles. The van der Waals surface area contributed by atoms with Gasteiger partial charge in [-0.1, -0.05) is 45.2 Å². The first-order chi connectivity index (χ1) is 11.7. The monoisotopic (exact) mass is 328 g/mol. The predicted molar refractivity (Wildman–Crippen MR) is 103 cm³/mol. The van der Waals surface area contributed by atoms with Gasteiger partial charge in [-0.05, 0) is 85.8 Å². The molecule has 0 spiro atoms. The van der Waals surface area contributed by atoms with Crippen LogP contribution in [0.1, 0.15) is 83.1 Å². The summed E-state index contributed by atoms with van der Waals surface area (Å²) in [6, 6.07) is 8.81. The van der Waals surface area contributed by atoms with Gasteiger partial charge in [0.25, 0.3) is 0 Å². The Labute approximate surface area is 149 Å². The second-order valence-corrected chi connectivity index (χ2v) is 8.49. The Morgan fingerprint density at radius 1 is 0.958 bits per heavy atom. The van der Waals surface area contributed by atoms with Gasteiger partial charge in [0.2, 0.25) is 0 Å². The Hall–Kier alpha value is -0.980. The van der Waals surface area contributed by atoms with Crippen molar-refractivity contribution in [1.29, 1.82) is 0 Å². The second kappa shape index (κ2) is 8.41. The predicted octanol–water partition coefficient (Wildman–Crippen LogP) is 6.82. The summed E-state index contributed by atoms with van der Waals surface area (Å²) >= 11 is 0. The van der Waals surface area contributed by atoms with Gasteiger partial charge >= 0.3 is 0 Å². The van der Waals surface area contributed by atoms with Crippen LogP contribution < -0.4 is 4.74 Å². The molecule has 2 aliphatic rings. The Kier molecular flexibility index (Phi) is 6.25. The number of benzene rings is 1. The van der Waals surface area contributed by atoms with Crippen LogP contribution in [-0.2, 0) is 0 Å². The highest BCUT2D eigenvalue weighted by Crippen LogP contribution is 2.46. The molecule has 0 aromatic heterocycles. The van der Waals surface area contributed by atoms with Gasteiger partial charge in [-0.25, -0.2) is 0 Å². The second-order valence-electron chi connectivity index (χ2n) is 8.49. The lowest BCUT2D eigenvalue weighted by Crippen LogP contribution is -2.31. The van der Waals surface area contributed by atoms with Crippen LogP contribution in [0.15, 0.2) is 24.3 Å². The highest BCUT2D eigenvalue weighted by Gasteiger charge is 2.34. The first-order valence-electron chi connectivity index (χ1n) is 10.3. The molecule has 24 heavy (non-hydrogen) atoms. The van der Waals surface area contributed by atoms with Crippen molar-refractivity contribution in [2.45, 2.75) is 77.6 Å². The molecule has 3 rings (SSSR count). The van der Waals surface area contributed by atoms with Crippen molar-refractivity contribution in [3.05, 3.63) is 29.8 Å². The van der Waals surface area contributed by atoms with Crippen LogP contribution >= 0.6 is 0 Å². The van der Waals surface area contributed by atoms with E-state index in [0.717, 1.165) is 35.3 Å². The molecule has 2 fully saturated rings. The minimum atomic E-state index is 0.777. The minimum absolute atomic E-state index is 0.777. The van der Waals surface area contributed by atoms with Crippen molar-refractivity contribution in [1.82, 2.24) is 0 Å². The van der Waals surface area contributed by atoms with Gasteiger partial charge < -0.3 is 4.74 Å². The van der Waals surface area contributed by atoms with Gasteiger partial charge in [-0.2, -0.15) is 0 Å². The standard InChI is InChI=1S/C23H36O/c1-4-5-18-6-15-23(17(2)16-18)21-9-7-19(8-10-21)20-11-13-22(24-3)14-12-20/h11-14,17-19,21,23H,4-10,15-16H2,1-3H3. The summed E-state index contributed by atoms with van der Waals surface area (Å²) in [5, 5.41) is 0. The van der Waals surface area contributed by atoms with E-state index < -0.39 is 0 Å². The first-order valence-corrected chi connectivity index (χ1v) is 10.3. The topological polar surface area (TPSA) is 9.23 Å². The van der Waals surface area contributed by atoms with Gasteiger partial charge in [-0.3, -0.25) is 0 Å². The third kappa shape index (κ3) is 4.16. The maximum atomic E-state index is 5.29. The summed E-state index contributed by atoms with van der Waals surface area (Å²) in [5.74, 6) is 5.74. The lowest BCUT2D eigenvalue weighted by Gasteiger charge is -2.42. The van der Waals surface area contributed by atoms with E-state index in [1.54, 1.807) is 7.11 Å². The number of ether oxygens (including phenoxy) is 1. The van der Waals surface area contributed by atoms with Crippen molar-refractivity contribution >= 4 is 0 Å². The summed E-state index contributed by atoms with van der Waals surface area (Å²) in [6.07, 6.45) is 13.0. The van der Waals surface area contributed by atoms with Crippen LogP contribution in [-0.4, -0.2) is 7.11 Å². The van der Waals surface area contributed by atoms with E-state index in [1.165, 1.54) is 63.4 Å². The zero-order valence-corrected chi connectivity index (χ0v) is 16.0. The smallest absolute Gasteiger partial charge is 0.118 e. The molecular weight excluding hydrogens is 292 g/mol. The molecule has 3 unspecified atom stereocenters.